The molecular formula is C38H39N3O. The molecule has 0 fully saturated rings. The van der Waals surface area contributed by atoms with Crippen LogP contribution in [0.3, 0.4) is 0 Å². The van der Waals surface area contributed by atoms with Gasteiger partial charge in [-0.05, 0) is 77.6 Å². The van der Waals surface area contributed by atoms with E-state index in [0.29, 0.717) is 5.56 Å². The molecule has 4 nitrogen and oxygen atoms in total. The van der Waals surface area contributed by atoms with Gasteiger partial charge in [0.2, 0.25) is 0 Å². The fraction of sp³-hybridized carbons (Fsp3) is 0.263. The minimum absolute atomic E-state index is 0.126. The Morgan fingerprint density at radius 1 is 0.786 bits per heavy atom. The van der Waals surface area contributed by atoms with Crippen LogP contribution in [0.1, 0.15) is 91.0 Å². The van der Waals surface area contributed by atoms with Crippen molar-refractivity contribution >= 4 is 28.2 Å². The number of para-hydroxylation sites is 3. The molecule has 0 spiro atoms. The lowest BCUT2D eigenvalue weighted by molar-refractivity contribution is 0.102. The predicted octanol–water partition coefficient (Wildman–Crippen LogP) is 9.89. The number of carbonyl (C=O) groups excluding carboxylic acids is 1. The highest BCUT2D eigenvalue weighted by atomic mass is 16.1. The number of benzene rings is 4. The Bertz CT molecular complexity index is 1710. The number of aromatic nitrogens is 1. The number of nitrogens with zero attached hydrogens (tertiary/aromatic N) is 1. The van der Waals surface area contributed by atoms with Gasteiger partial charge in [-0.1, -0.05) is 100 Å². The molecule has 1 amide bonds. The van der Waals surface area contributed by atoms with Gasteiger partial charge in [-0.15, -0.1) is 0 Å². The summed E-state index contributed by atoms with van der Waals surface area (Å²) in [7, 11) is 0. The number of fused-ring (bicyclic) bond motifs is 2. The van der Waals surface area contributed by atoms with E-state index < -0.39 is 0 Å². The molecule has 4 heteroatoms. The van der Waals surface area contributed by atoms with Crippen molar-refractivity contribution in [3.8, 4) is 11.3 Å². The van der Waals surface area contributed by atoms with E-state index in [4.69, 9.17) is 4.98 Å². The molecule has 1 aliphatic rings. The average molecular weight is 554 g/mol. The summed E-state index contributed by atoms with van der Waals surface area (Å²) in [6, 6.07) is 33.6. The second-order valence-corrected chi connectivity index (χ2v) is 12.0. The third kappa shape index (κ3) is 5.42. The lowest BCUT2D eigenvalue weighted by Gasteiger charge is -2.29. The summed E-state index contributed by atoms with van der Waals surface area (Å²) in [5.74, 6) is 0.454. The van der Waals surface area contributed by atoms with E-state index >= 15 is 0 Å². The molecule has 0 unspecified atom stereocenters. The molecule has 5 aromatic rings. The molecule has 6 rings (SSSR count). The van der Waals surface area contributed by atoms with Crippen molar-refractivity contribution in [3.05, 3.63) is 125 Å². The Hall–Kier alpha value is -4.44. The molecule has 1 aliphatic carbocycles. The molecule has 1 atom stereocenters. The zero-order valence-corrected chi connectivity index (χ0v) is 24.9. The Morgan fingerprint density at radius 3 is 2.24 bits per heavy atom. The van der Waals surface area contributed by atoms with Crippen LogP contribution in [0, 0.1) is 0 Å². The SMILES string of the molecule is CC(C)c1cccc(C(C)C)c1NC(=O)c1cccc2ccc(-c3cccc4c3[C@@H](Nc3ccccc3)CCC4)nc12. The molecule has 0 saturated carbocycles. The smallest absolute Gasteiger partial charge is 0.257 e. The molecule has 212 valence electrons. The van der Waals surface area contributed by atoms with Crippen molar-refractivity contribution in [1.82, 2.24) is 4.98 Å². The highest BCUT2D eigenvalue weighted by molar-refractivity contribution is 6.12. The van der Waals surface area contributed by atoms with Crippen molar-refractivity contribution in [3.63, 3.8) is 0 Å². The number of hydrogen-bond donors (Lipinski definition) is 2. The largest absolute Gasteiger partial charge is 0.378 e. The van der Waals surface area contributed by atoms with Crippen LogP contribution in [0.25, 0.3) is 22.2 Å². The van der Waals surface area contributed by atoms with Crippen molar-refractivity contribution in [1.29, 1.82) is 0 Å². The standard InChI is InChI=1S/C38H39N3O/c1-24(2)29-17-11-18-30(25(3)4)37(29)41-38(42)32-20-9-14-27-22-23-33(40-36(27)32)31-19-8-12-26-13-10-21-34(35(26)31)39-28-15-6-5-7-16-28/h5-9,11-12,14-20,22-25,34,39H,10,13,21H2,1-4H3,(H,41,42)/t34-/m0/s1. The first kappa shape index (κ1) is 27.7. The first-order valence-corrected chi connectivity index (χ1v) is 15.2. The van der Waals surface area contributed by atoms with Crippen molar-refractivity contribution in [2.75, 3.05) is 10.6 Å². The maximum Gasteiger partial charge on any atom is 0.257 e. The predicted molar refractivity (Wildman–Crippen MR) is 175 cm³/mol. The quantitative estimate of drug-likeness (QED) is 0.211. The number of hydrogen-bond acceptors (Lipinski definition) is 3. The monoisotopic (exact) mass is 553 g/mol. The summed E-state index contributed by atoms with van der Waals surface area (Å²) in [5.41, 5.74) is 10.4. The molecule has 0 aliphatic heterocycles. The van der Waals surface area contributed by atoms with Gasteiger partial charge in [-0.3, -0.25) is 4.79 Å². The Morgan fingerprint density at radius 2 is 1.50 bits per heavy atom. The minimum atomic E-state index is -0.126. The van der Waals surface area contributed by atoms with E-state index in [9.17, 15) is 4.79 Å². The van der Waals surface area contributed by atoms with Crippen LogP contribution in [0.4, 0.5) is 11.4 Å². The summed E-state index contributed by atoms with van der Waals surface area (Å²) < 4.78 is 0. The zero-order valence-electron chi connectivity index (χ0n) is 24.9. The summed E-state index contributed by atoms with van der Waals surface area (Å²) in [5, 5.41) is 8.04. The van der Waals surface area contributed by atoms with E-state index in [2.05, 4.69) is 111 Å². The van der Waals surface area contributed by atoms with Crippen LogP contribution in [-0.4, -0.2) is 10.9 Å². The fourth-order valence-corrected chi connectivity index (χ4v) is 6.34. The highest BCUT2D eigenvalue weighted by Crippen LogP contribution is 2.39. The van der Waals surface area contributed by atoms with Gasteiger partial charge in [0.05, 0.1) is 22.8 Å². The van der Waals surface area contributed by atoms with Gasteiger partial charge in [0.1, 0.15) is 0 Å². The van der Waals surface area contributed by atoms with Crippen LogP contribution in [0.5, 0.6) is 0 Å². The molecule has 2 N–H and O–H groups in total. The number of aryl methyl sites for hydroxylation is 1. The molecule has 1 aromatic heterocycles. The normalized spacial score (nSPS) is 14.7. The molecule has 4 aromatic carbocycles. The van der Waals surface area contributed by atoms with E-state index in [1.165, 1.54) is 11.1 Å². The second-order valence-electron chi connectivity index (χ2n) is 12.0. The summed E-state index contributed by atoms with van der Waals surface area (Å²) in [4.78, 5) is 19.1. The Balaban J connectivity index is 1.41. The van der Waals surface area contributed by atoms with Gasteiger partial charge >= 0.3 is 0 Å². The topological polar surface area (TPSA) is 54.0 Å². The number of anilines is 2. The molecule has 42 heavy (non-hydrogen) atoms. The van der Waals surface area contributed by atoms with E-state index in [-0.39, 0.29) is 23.8 Å². The lowest BCUT2D eigenvalue weighted by Crippen LogP contribution is -2.19. The summed E-state index contributed by atoms with van der Waals surface area (Å²) in [6.07, 6.45) is 3.27. The summed E-state index contributed by atoms with van der Waals surface area (Å²) in [6.45, 7) is 8.67. The van der Waals surface area contributed by atoms with Crippen LogP contribution in [-0.2, 0) is 6.42 Å². The second kappa shape index (κ2) is 11.8. The molecule has 0 saturated heterocycles. The van der Waals surface area contributed by atoms with Gasteiger partial charge in [-0.2, -0.15) is 0 Å². The fourth-order valence-electron chi connectivity index (χ4n) is 6.34. The number of amides is 1. The number of pyridine rings is 1. The van der Waals surface area contributed by atoms with Gasteiger partial charge in [0.25, 0.3) is 5.91 Å². The minimum Gasteiger partial charge on any atom is -0.378 e. The van der Waals surface area contributed by atoms with Gasteiger partial charge in [0.15, 0.2) is 0 Å². The molecular weight excluding hydrogens is 514 g/mol. The third-order valence-electron chi connectivity index (χ3n) is 8.45. The number of carbonyl (C=O) groups is 1. The number of rotatable bonds is 7. The van der Waals surface area contributed by atoms with E-state index in [1.54, 1.807) is 0 Å². The molecule has 0 radical (unpaired) electrons. The van der Waals surface area contributed by atoms with Crippen LogP contribution >= 0.6 is 0 Å². The van der Waals surface area contributed by atoms with Gasteiger partial charge < -0.3 is 10.6 Å². The lowest BCUT2D eigenvalue weighted by atomic mass is 9.83. The van der Waals surface area contributed by atoms with Crippen molar-refractivity contribution in [2.24, 2.45) is 0 Å². The molecule has 0 bridgehead atoms. The molecule has 1 heterocycles. The van der Waals surface area contributed by atoms with Crippen LogP contribution in [0.15, 0.2) is 97.1 Å². The van der Waals surface area contributed by atoms with Crippen LogP contribution < -0.4 is 10.6 Å². The van der Waals surface area contributed by atoms with E-state index in [0.717, 1.165) is 63.9 Å². The van der Waals surface area contributed by atoms with Crippen molar-refractivity contribution in [2.45, 2.75) is 64.8 Å². The first-order chi connectivity index (χ1) is 20.4. The Labute approximate surface area is 249 Å². The third-order valence-corrected chi connectivity index (χ3v) is 8.45. The number of nitrogens with one attached hydrogen (secondary N) is 2. The first-order valence-electron chi connectivity index (χ1n) is 15.2. The van der Waals surface area contributed by atoms with E-state index in [1.807, 2.05) is 24.3 Å². The van der Waals surface area contributed by atoms with Gasteiger partial charge in [-0.25, -0.2) is 4.98 Å². The summed E-state index contributed by atoms with van der Waals surface area (Å²) >= 11 is 0. The van der Waals surface area contributed by atoms with Crippen LogP contribution in [0.2, 0.25) is 0 Å². The zero-order chi connectivity index (χ0) is 29.2. The Kier molecular flexibility index (Phi) is 7.80. The van der Waals surface area contributed by atoms with Gasteiger partial charge in [0, 0.05) is 22.3 Å². The average Bonchev–Trinajstić information content (AvgIpc) is 3.00. The maximum atomic E-state index is 14.0. The van der Waals surface area contributed by atoms with Crippen molar-refractivity contribution < 1.29 is 4.79 Å². The highest BCUT2D eigenvalue weighted by Gasteiger charge is 2.25. The maximum absolute atomic E-state index is 14.0.